The van der Waals surface area contributed by atoms with Gasteiger partial charge in [0.2, 0.25) is 0 Å². The molecule has 0 bridgehead atoms. The first-order valence-electron chi connectivity index (χ1n) is 10.6. The van der Waals surface area contributed by atoms with Crippen molar-refractivity contribution in [2.24, 2.45) is 0 Å². The highest BCUT2D eigenvalue weighted by atomic mass is 16.6. The van der Waals surface area contributed by atoms with Gasteiger partial charge in [-0.1, -0.05) is 0 Å². The maximum Gasteiger partial charge on any atom is 0.339 e. The summed E-state index contributed by atoms with van der Waals surface area (Å²) in [7, 11) is 0. The van der Waals surface area contributed by atoms with Crippen molar-refractivity contribution >= 4 is 16.7 Å². The van der Waals surface area contributed by atoms with E-state index in [1.165, 1.54) is 0 Å². The van der Waals surface area contributed by atoms with Gasteiger partial charge in [0.05, 0.1) is 0 Å². The summed E-state index contributed by atoms with van der Waals surface area (Å²) < 4.78 is 23.3. The van der Waals surface area contributed by atoms with Crippen LogP contribution in [0.1, 0.15) is 35.1 Å². The van der Waals surface area contributed by atoms with E-state index in [4.69, 9.17) is 18.6 Å². The molecule has 3 heterocycles. The number of hydrogen-bond donors (Lipinski definition) is 0. The largest absolute Gasteiger partial charge is 0.486 e. The highest BCUT2D eigenvalue weighted by molar-refractivity contribution is 5.87. The predicted octanol–water partition coefficient (Wildman–Crippen LogP) is 4.11. The zero-order chi connectivity index (χ0) is 20.2. The van der Waals surface area contributed by atoms with Gasteiger partial charge in [-0.05, 0) is 56.4 Å². The molecule has 2 aromatic carbocycles. The molecule has 0 fully saturated rings. The number of hydrogen-bond acceptors (Lipinski definition) is 6. The first-order valence-corrected chi connectivity index (χ1v) is 10.6. The average Bonchev–Trinajstić information content (AvgIpc) is 2.79. The van der Waals surface area contributed by atoms with Crippen molar-refractivity contribution in [3.63, 3.8) is 0 Å². The lowest BCUT2D eigenvalue weighted by Gasteiger charge is -2.33. The van der Waals surface area contributed by atoms with Crippen LogP contribution in [0.25, 0.3) is 11.0 Å². The van der Waals surface area contributed by atoms with Gasteiger partial charge in [0.1, 0.15) is 24.5 Å². The van der Waals surface area contributed by atoms with Crippen LogP contribution in [-0.2, 0) is 19.4 Å². The van der Waals surface area contributed by atoms with Gasteiger partial charge in [0.15, 0.2) is 18.2 Å². The second-order valence-electron chi connectivity index (χ2n) is 8.22. The molecule has 0 amide bonds. The monoisotopic (exact) mass is 405 g/mol. The van der Waals surface area contributed by atoms with Crippen LogP contribution in [0.15, 0.2) is 33.5 Å². The van der Waals surface area contributed by atoms with Crippen LogP contribution < -0.4 is 24.7 Å². The zero-order valence-electron chi connectivity index (χ0n) is 17.0. The van der Waals surface area contributed by atoms with E-state index in [1.807, 2.05) is 25.1 Å². The molecule has 6 rings (SSSR count). The molecule has 6 nitrogen and oxygen atoms in total. The van der Waals surface area contributed by atoms with Crippen molar-refractivity contribution < 1.29 is 18.6 Å². The minimum absolute atomic E-state index is 0.186. The van der Waals surface area contributed by atoms with E-state index in [2.05, 4.69) is 11.0 Å². The molecule has 30 heavy (non-hydrogen) atoms. The van der Waals surface area contributed by atoms with E-state index in [0.29, 0.717) is 25.5 Å². The Labute approximate surface area is 174 Å². The second kappa shape index (κ2) is 6.69. The van der Waals surface area contributed by atoms with Gasteiger partial charge in [-0.3, -0.25) is 0 Å². The summed E-state index contributed by atoms with van der Waals surface area (Å²) in [4.78, 5) is 14.7. The maximum atomic E-state index is 12.5. The van der Waals surface area contributed by atoms with E-state index in [0.717, 1.165) is 82.8 Å². The van der Waals surface area contributed by atoms with Gasteiger partial charge in [-0.25, -0.2) is 4.79 Å². The van der Waals surface area contributed by atoms with Gasteiger partial charge < -0.3 is 23.5 Å². The number of anilines is 1. The maximum absolute atomic E-state index is 12.5. The first kappa shape index (κ1) is 17.7. The van der Waals surface area contributed by atoms with Crippen LogP contribution in [0.2, 0.25) is 0 Å². The van der Waals surface area contributed by atoms with E-state index < -0.39 is 0 Å². The number of ether oxygens (including phenoxy) is 3. The Bertz CT molecular complexity index is 1230. The quantitative estimate of drug-likeness (QED) is 0.568. The minimum atomic E-state index is -0.186. The lowest BCUT2D eigenvalue weighted by molar-refractivity contribution is 0.171. The van der Waals surface area contributed by atoms with Crippen molar-refractivity contribution in [2.45, 2.75) is 39.2 Å². The smallest absolute Gasteiger partial charge is 0.339 e. The second-order valence-corrected chi connectivity index (χ2v) is 8.22. The highest BCUT2D eigenvalue weighted by Crippen LogP contribution is 2.40. The molecule has 0 atom stereocenters. The lowest BCUT2D eigenvalue weighted by Crippen LogP contribution is -2.32. The zero-order valence-corrected chi connectivity index (χ0v) is 17.0. The summed E-state index contributed by atoms with van der Waals surface area (Å²) in [6, 6.07) is 8.17. The van der Waals surface area contributed by atoms with Gasteiger partial charge >= 0.3 is 5.63 Å². The number of fused-ring (bicyclic) bond motifs is 5. The lowest BCUT2D eigenvalue weighted by atomic mass is 9.89. The Morgan fingerprint density at radius 1 is 0.933 bits per heavy atom. The van der Waals surface area contributed by atoms with Crippen molar-refractivity contribution in [3.8, 4) is 17.2 Å². The number of aryl methyl sites for hydroxylation is 2. The van der Waals surface area contributed by atoms with Gasteiger partial charge in [0, 0.05) is 40.4 Å². The molecular weight excluding hydrogens is 382 g/mol. The molecule has 3 aromatic rings. The van der Waals surface area contributed by atoms with Crippen LogP contribution in [0, 0.1) is 6.92 Å². The van der Waals surface area contributed by atoms with E-state index in [1.54, 1.807) is 0 Å². The normalized spacial score (nSPS) is 17.3. The fraction of sp³-hybridized carbons (Fsp3) is 0.375. The summed E-state index contributed by atoms with van der Waals surface area (Å²) in [6.07, 6.45) is 3.90. The van der Waals surface area contributed by atoms with Crippen molar-refractivity contribution in [2.75, 3.05) is 24.8 Å². The minimum Gasteiger partial charge on any atom is -0.486 e. The number of nitrogens with zero attached hydrogens (tertiary/aromatic N) is 1. The molecule has 154 valence electrons. The molecule has 0 saturated heterocycles. The van der Waals surface area contributed by atoms with Gasteiger partial charge in [-0.15, -0.1) is 0 Å². The Kier molecular flexibility index (Phi) is 3.94. The molecule has 0 spiro atoms. The van der Waals surface area contributed by atoms with E-state index in [-0.39, 0.29) is 5.63 Å². The molecule has 3 aliphatic rings. The molecule has 0 unspecified atom stereocenters. The van der Waals surface area contributed by atoms with Crippen LogP contribution in [0.4, 0.5) is 5.69 Å². The number of rotatable bonds is 1. The molecule has 1 aromatic heterocycles. The first-order chi connectivity index (χ1) is 14.7. The summed E-state index contributed by atoms with van der Waals surface area (Å²) in [5.74, 6) is 2.39. The number of benzene rings is 2. The van der Waals surface area contributed by atoms with Crippen molar-refractivity contribution in [3.05, 3.63) is 56.9 Å². The summed E-state index contributed by atoms with van der Waals surface area (Å²) in [6.45, 7) is 4.28. The van der Waals surface area contributed by atoms with Crippen LogP contribution in [-0.4, -0.2) is 19.9 Å². The summed E-state index contributed by atoms with van der Waals surface area (Å²) in [5, 5.41) is 1.06. The molecule has 0 saturated carbocycles. The fourth-order valence-electron chi connectivity index (χ4n) is 4.90. The third-order valence-electron chi connectivity index (χ3n) is 6.39. The molecule has 2 aliphatic heterocycles. The van der Waals surface area contributed by atoms with Gasteiger partial charge in [-0.2, -0.15) is 0 Å². The third kappa shape index (κ3) is 2.66. The molecule has 0 N–H and O–H groups in total. The Balaban J connectivity index is 1.43. The summed E-state index contributed by atoms with van der Waals surface area (Å²) in [5.41, 5.74) is 5.56. The van der Waals surface area contributed by atoms with Crippen molar-refractivity contribution in [1.29, 1.82) is 0 Å². The Morgan fingerprint density at radius 3 is 2.60 bits per heavy atom. The highest BCUT2D eigenvalue weighted by Gasteiger charge is 2.26. The average molecular weight is 405 g/mol. The fourth-order valence-corrected chi connectivity index (χ4v) is 4.90. The van der Waals surface area contributed by atoms with E-state index in [9.17, 15) is 4.79 Å². The standard InChI is InChI=1S/C24H23NO5/c1-14-22-15(10-19-17-4-2-3-5-18(17)24(26)30-23(14)19)12-25(13-29-22)16-6-7-20-21(11-16)28-9-8-27-20/h6-7,10-11H,2-5,8-9,12-13H2,1H3. The van der Waals surface area contributed by atoms with Crippen LogP contribution in [0.5, 0.6) is 17.2 Å². The van der Waals surface area contributed by atoms with Crippen LogP contribution >= 0.6 is 0 Å². The SMILES string of the molecule is Cc1c2c(cc3c4c(c(=O)oc13)CCCC4)CN(c1ccc3c(c1)OCCO3)CO2. The Morgan fingerprint density at radius 2 is 1.73 bits per heavy atom. The molecular formula is C24H23NO5. The predicted molar refractivity (Wildman–Crippen MR) is 113 cm³/mol. The molecule has 0 radical (unpaired) electrons. The topological polar surface area (TPSA) is 61.1 Å². The van der Waals surface area contributed by atoms with Gasteiger partial charge in [0.25, 0.3) is 0 Å². The third-order valence-corrected chi connectivity index (χ3v) is 6.39. The summed E-state index contributed by atoms with van der Waals surface area (Å²) >= 11 is 0. The van der Waals surface area contributed by atoms with Crippen molar-refractivity contribution in [1.82, 2.24) is 0 Å². The van der Waals surface area contributed by atoms with Crippen LogP contribution in [0.3, 0.4) is 0 Å². The molecule has 6 heteroatoms. The Hall–Kier alpha value is -3.15. The van der Waals surface area contributed by atoms with E-state index >= 15 is 0 Å². The molecule has 1 aliphatic carbocycles.